The molecule has 0 spiro atoms. The molecule has 1 saturated carbocycles. The van der Waals surface area contributed by atoms with E-state index in [0.717, 1.165) is 43.9 Å². The topological polar surface area (TPSA) is 34.0 Å². The Morgan fingerprint density at radius 2 is 1.92 bits per heavy atom. The number of carbonyl (C=O) groups excluding carboxylic acids is 1. The molecule has 1 saturated heterocycles. The summed E-state index contributed by atoms with van der Waals surface area (Å²) in [6, 6.07) is 7.13. The average Bonchev–Trinajstić information content (AvgIpc) is 3.25. The molecular weight excluding hydrogens is 336 g/mol. The molecule has 4 nitrogen and oxygen atoms in total. The van der Waals surface area contributed by atoms with Crippen molar-refractivity contribution in [3.05, 3.63) is 41.4 Å². The van der Waals surface area contributed by atoms with Gasteiger partial charge in [-0.3, -0.25) is 4.79 Å². The second-order valence-corrected chi connectivity index (χ2v) is 8.05. The van der Waals surface area contributed by atoms with Gasteiger partial charge in [-0.25, -0.2) is 0 Å². The molecule has 1 amide bonds. The zero-order valence-electron chi connectivity index (χ0n) is 14.5. The Balaban J connectivity index is 1.19. The van der Waals surface area contributed by atoms with E-state index in [2.05, 4.69) is 12.2 Å². The zero-order valence-corrected chi connectivity index (χ0v) is 15.3. The van der Waals surface area contributed by atoms with Crippen molar-refractivity contribution in [1.29, 1.82) is 0 Å². The van der Waals surface area contributed by atoms with Crippen LogP contribution in [0.3, 0.4) is 0 Å². The van der Waals surface area contributed by atoms with Gasteiger partial charge in [0.25, 0.3) is 5.91 Å². The lowest BCUT2D eigenvalue weighted by atomic mass is 9.93. The van der Waals surface area contributed by atoms with Crippen LogP contribution >= 0.6 is 11.6 Å². The number of piperazine rings is 1. The van der Waals surface area contributed by atoms with Crippen LogP contribution in [-0.2, 0) is 4.79 Å². The van der Waals surface area contributed by atoms with Crippen molar-refractivity contribution >= 4 is 17.5 Å². The maximum Gasteiger partial charge on any atom is 0.260 e. The second-order valence-electron chi connectivity index (χ2n) is 7.62. The van der Waals surface area contributed by atoms with Crippen LogP contribution in [0.5, 0.6) is 5.75 Å². The van der Waals surface area contributed by atoms with Crippen molar-refractivity contribution in [2.45, 2.75) is 12.8 Å². The minimum atomic E-state index is 0.0804. The van der Waals surface area contributed by atoms with Gasteiger partial charge in [-0.15, -0.1) is 0 Å². The minimum absolute atomic E-state index is 0.0804. The lowest BCUT2D eigenvalue weighted by Crippen LogP contribution is -3.15. The summed E-state index contributed by atoms with van der Waals surface area (Å²) in [5.41, 5.74) is 0. The summed E-state index contributed by atoms with van der Waals surface area (Å²) >= 11 is 5.85. The molecule has 2 aliphatic carbocycles. The van der Waals surface area contributed by atoms with E-state index in [4.69, 9.17) is 16.3 Å². The third-order valence-corrected chi connectivity index (χ3v) is 6.22. The van der Waals surface area contributed by atoms with Crippen LogP contribution in [-0.4, -0.2) is 50.1 Å². The van der Waals surface area contributed by atoms with Crippen LogP contribution < -0.4 is 9.64 Å². The number of quaternary nitrogens is 1. The number of rotatable bonds is 5. The summed E-state index contributed by atoms with van der Waals surface area (Å²) in [7, 11) is 0. The summed E-state index contributed by atoms with van der Waals surface area (Å²) < 4.78 is 5.58. The van der Waals surface area contributed by atoms with E-state index in [1.54, 1.807) is 29.2 Å². The first kappa shape index (κ1) is 16.9. The van der Waals surface area contributed by atoms with Gasteiger partial charge in [-0.2, -0.15) is 0 Å². The maximum absolute atomic E-state index is 12.4. The first-order chi connectivity index (χ1) is 12.2. The van der Waals surface area contributed by atoms with Crippen molar-refractivity contribution in [1.82, 2.24) is 4.90 Å². The van der Waals surface area contributed by atoms with Gasteiger partial charge in [0.05, 0.1) is 32.7 Å². The lowest BCUT2D eigenvalue weighted by Gasteiger charge is -2.34. The summed E-state index contributed by atoms with van der Waals surface area (Å²) in [5, 5.41) is 0.670. The van der Waals surface area contributed by atoms with Crippen molar-refractivity contribution in [2.24, 2.45) is 17.8 Å². The van der Waals surface area contributed by atoms with E-state index in [1.165, 1.54) is 19.4 Å². The molecule has 1 aliphatic heterocycles. The Bertz CT molecular complexity index is 638. The molecule has 0 unspecified atom stereocenters. The van der Waals surface area contributed by atoms with Crippen LogP contribution in [0.4, 0.5) is 0 Å². The van der Waals surface area contributed by atoms with Gasteiger partial charge in [0, 0.05) is 10.9 Å². The quantitative estimate of drug-likeness (QED) is 0.809. The van der Waals surface area contributed by atoms with Gasteiger partial charge in [-0.05, 0) is 48.9 Å². The van der Waals surface area contributed by atoms with Crippen molar-refractivity contribution in [3.8, 4) is 5.75 Å². The van der Waals surface area contributed by atoms with Gasteiger partial charge in [0.15, 0.2) is 6.61 Å². The molecule has 1 heterocycles. The van der Waals surface area contributed by atoms with Crippen molar-refractivity contribution in [2.75, 3.05) is 39.3 Å². The molecule has 2 fully saturated rings. The highest BCUT2D eigenvalue weighted by atomic mass is 35.5. The number of halogens is 1. The number of allylic oxidation sites excluding steroid dienone is 2. The second kappa shape index (κ2) is 7.38. The number of fused-ring (bicyclic) bond motifs is 2. The Kier molecular flexibility index (Phi) is 5.00. The smallest absolute Gasteiger partial charge is 0.260 e. The number of hydrogen-bond donors (Lipinski definition) is 1. The highest BCUT2D eigenvalue weighted by molar-refractivity contribution is 6.30. The molecule has 3 aliphatic rings. The van der Waals surface area contributed by atoms with Crippen molar-refractivity contribution in [3.63, 3.8) is 0 Å². The van der Waals surface area contributed by atoms with Gasteiger partial charge in [0.2, 0.25) is 0 Å². The molecule has 2 bridgehead atoms. The number of benzene rings is 1. The van der Waals surface area contributed by atoms with Crippen LogP contribution in [0.2, 0.25) is 5.02 Å². The number of ether oxygens (including phenoxy) is 1. The molecule has 1 aromatic carbocycles. The van der Waals surface area contributed by atoms with Crippen LogP contribution in [0.25, 0.3) is 0 Å². The van der Waals surface area contributed by atoms with Crippen LogP contribution in [0, 0.1) is 17.8 Å². The average molecular weight is 362 g/mol. The van der Waals surface area contributed by atoms with E-state index < -0.39 is 0 Å². The molecule has 5 heteroatoms. The highest BCUT2D eigenvalue weighted by Gasteiger charge is 2.38. The number of hydrogen-bond acceptors (Lipinski definition) is 2. The Hall–Kier alpha value is -1.52. The number of nitrogens with one attached hydrogen (secondary N) is 1. The van der Waals surface area contributed by atoms with Gasteiger partial charge < -0.3 is 14.5 Å². The largest absolute Gasteiger partial charge is 0.484 e. The maximum atomic E-state index is 12.4. The Morgan fingerprint density at radius 1 is 1.16 bits per heavy atom. The monoisotopic (exact) mass is 361 g/mol. The number of amides is 1. The fourth-order valence-electron chi connectivity index (χ4n) is 4.54. The Morgan fingerprint density at radius 3 is 2.56 bits per heavy atom. The Labute approximate surface area is 154 Å². The van der Waals surface area contributed by atoms with E-state index in [1.807, 2.05) is 4.90 Å². The van der Waals surface area contributed by atoms with E-state index >= 15 is 0 Å². The molecule has 4 rings (SSSR count). The van der Waals surface area contributed by atoms with Gasteiger partial charge >= 0.3 is 0 Å². The lowest BCUT2D eigenvalue weighted by molar-refractivity contribution is -0.907. The van der Waals surface area contributed by atoms with E-state index in [9.17, 15) is 4.79 Å². The SMILES string of the molecule is O=C(COc1ccc(Cl)cc1)N1CC[NH+](C[C@H]2C[C@H]3C=C[C@H]2C3)CC1. The molecule has 0 radical (unpaired) electrons. The molecule has 25 heavy (non-hydrogen) atoms. The summed E-state index contributed by atoms with van der Waals surface area (Å²) in [6.45, 7) is 5.18. The molecule has 1 aromatic rings. The van der Waals surface area contributed by atoms with Gasteiger partial charge in [-0.1, -0.05) is 23.8 Å². The first-order valence-electron chi connectivity index (χ1n) is 9.35. The summed E-state index contributed by atoms with van der Waals surface area (Å²) in [5.74, 6) is 3.30. The first-order valence-corrected chi connectivity index (χ1v) is 9.73. The number of carbonyl (C=O) groups is 1. The molecule has 0 aromatic heterocycles. The zero-order chi connectivity index (χ0) is 17.2. The van der Waals surface area contributed by atoms with Crippen LogP contribution in [0.1, 0.15) is 12.8 Å². The predicted octanol–water partition coefficient (Wildman–Crippen LogP) is 1.66. The fraction of sp³-hybridized carbons (Fsp3) is 0.550. The third-order valence-electron chi connectivity index (χ3n) is 5.97. The normalized spacial score (nSPS) is 28.5. The minimum Gasteiger partial charge on any atom is -0.484 e. The van der Waals surface area contributed by atoms with E-state index in [-0.39, 0.29) is 12.5 Å². The molecule has 3 atom stereocenters. The van der Waals surface area contributed by atoms with Crippen molar-refractivity contribution < 1.29 is 14.4 Å². The van der Waals surface area contributed by atoms with Crippen LogP contribution in [0.15, 0.2) is 36.4 Å². The van der Waals surface area contributed by atoms with Gasteiger partial charge in [0.1, 0.15) is 5.75 Å². The summed E-state index contributed by atoms with van der Waals surface area (Å²) in [4.78, 5) is 16.0. The standard InChI is InChI=1S/C20H25ClN2O2/c21-18-3-5-19(6-4-18)25-14-20(24)23-9-7-22(8-10-23)13-17-12-15-1-2-16(17)11-15/h1-6,15-17H,7-14H2/p+1/t15-,16-,17+/m0/s1. The molecule has 1 N–H and O–H groups in total. The molecule has 134 valence electrons. The third kappa shape index (κ3) is 4.01. The highest BCUT2D eigenvalue weighted by Crippen LogP contribution is 2.42. The van der Waals surface area contributed by atoms with E-state index in [0.29, 0.717) is 10.8 Å². The predicted molar refractivity (Wildman–Crippen MR) is 97.9 cm³/mol. The number of nitrogens with zero attached hydrogens (tertiary/aromatic N) is 1. The fourth-order valence-corrected chi connectivity index (χ4v) is 4.67. The summed E-state index contributed by atoms with van der Waals surface area (Å²) in [6.07, 6.45) is 7.60. The molecular formula is C20H26ClN2O2+.